The molecule has 1 amide bonds. The summed E-state index contributed by atoms with van der Waals surface area (Å²) in [6.45, 7) is 1.78. The van der Waals surface area contributed by atoms with Gasteiger partial charge in [0.05, 0.1) is 24.1 Å². The molecule has 2 heterocycles. The second-order valence-corrected chi connectivity index (χ2v) is 5.37. The van der Waals surface area contributed by atoms with E-state index in [2.05, 4.69) is 5.32 Å². The number of hydrogen-bond acceptors (Lipinski definition) is 6. The number of nitrogens with two attached hydrogens (primary N) is 1. The van der Waals surface area contributed by atoms with Gasteiger partial charge in [0.1, 0.15) is 17.1 Å². The van der Waals surface area contributed by atoms with Gasteiger partial charge in [-0.05, 0) is 18.6 Å². The molecular formula is C18H15N3O4. The van der Waals surface area contributed by atoms with Crippen LogP contribution in [0.2, 0.25) is 0 Å². The van der Waals surface area contributed by atoms with Crippen LogP contribution in [0, 0.1) is 16.7 Å². The first-order valence-electron chi connectivity index (χ1n) is 7.59. The second-order valence-electron chi connectivity index (χ2n) is 5.37. The van der Waals surface area contributed by atoms with E-state index in [0.717, 1.165) is 0 Å². The number of benzene rings is 1. The van der Waals surface area contributed by atoms with Crippen LogP contribution in [-0.4, -0.2) is 18.5 Å². The van der Waals surface area contributed by atoms with E-state index < -0.39 is 17.3 Å². The van der Waals surface area contributed by atoms with Gasteiger partial charge in [-0.15, -0.1) is 0 Å². The Morgan fingerprint density at radius 3 is 2.76 bits per heavy atom. The molecular weight excluding hydrogens is 322 g/mol. The van der Waals surface area contributed by atoms with Gasteiger partial charge in [0.15, 0.2) is 0 Å². The highest BCUT2D eigenvalue weighted by Crippen LogP contribution is 2.48. The topological polar surface area (TPSA) is 114 Å². The van der Waals surface area contributed by atoms with E-state index in [-0.39, 0.29) is 29.3 Å². The molecule has 0 bridgehead atoms. The van der Waals surface area contributed by atoms with Crippen molar-refractivity contribution in [3.8, 4) is 6.07 Å². The van der Waals surface area contributed by atoms with Crippen LogP contribution in [-0.2, 0) is 19.1 Å². The first-order chi connectivity index (χ1) is 12.1. The minimum absolute atomic E-state index is 0.0181. The molecule has 1 aromatic carbocycles. The molecule has 1 unspecified atom stereocenters. The quantitative estimate of drug-likeness (QED) is 0.804. The average Bonchev–Trinajstić information content (AvgIpc) is 2.89. The zero-order chi connectivity index (χ0) is 18.0. The molecule has 2 aliphatic rings. The molecule has 1 atom stereocenters. The maximum Gasteiger partial charge on any atom is 0.337 e. The van der Waals surface area contributed by atoms with Crippen LogP contribution in [0.15, 0.2) is 59.7 Å². The fourth-order valence-electron chi connectivity index (χ4n) is 2.96. The lowest BCUT2D eigenvalue weighted by molar-refractivity contribution is -0.140. The molecule has 0 saturated heterocycles. The Kier molecular flexibility index (Phi) is 4.03. The number of esters is 1. The molecule has 0 saturated carbocycles. The van der Waals surface area contributed by atoms with E-state index in [4.69, 9.17) is 15.2 Å². The number of amides is 1. The van der Waals surface area contributed by atoms with Crippen LogP contribution in [0.25, 0.3) is 5.70 Å². The monoisotopic (exact) mass is 337 g/mol. The average molecular weight is 337 g/mol. The highest BCUT2D eigenvalue weighted by atomic mass is 16.5. The van der Waals surface area contributed by atoms with Crippen molar-refractivity contribution in [3.05, 3.63) is 65.3 Å². The Bertz CT molecular complexity index is 877. The van der Waals surface area contributed by atoms with Gasteiger partial charge in [-0.1, -0.05) is 30.3 Å². The number of carbonyl (C=O) groups is 2. The maximum atomic E-state index is 12.9. The van der Waals surface area contributed by atoms with Crippen LogP contribution in [0.3, 0.4) is 0 Å². The highest BCUT2D eigenvalue weighted by Gasteiger charge is 2.56. The number of nitrogens with zero attached hydrogens (tertiary/aromatic N) is 1. The van der Waals surface area contributed by atoms with Gasteiger partial charge < -0.3 is 20.5 Å². The van der Waals surface area contributed by atoms with Crippen molar-refractivity contribution in [3.63, 3.8) is 0 Å². The van der Waals surface area contributed by atoms with Crippen molar-refractivity contribution in [1.29, 1.82) is 5.26 Å². The normalized spacial score (nSPS) is 21.8. The molecule has 0 fully saturated rings. The minimum atomic E-state index is -1.67. The maximum absolute atomic E-state index is 12.9. The molecule has 2 aliphatic heterocycles. The first-order valence-corrected chi connectivity index (χ1v) is 7.59. The summed E-state index contributed by atoms with van der Waals surface area (Å²) in [5.74, 6) is -1.49. The van der Waals surface area contributed by atoms with Crippen molar-refractivity contribution >= 4 is 17.6 Å². The molecule has 7 heteroatoms. The fourth-order valence-corrected chi connectivity index (χ4v) is 2.96. The molecule has 1 spiro atoms. The lowest BCUT2D eigenvalue weighted by atomic mass is 9.73. The van der Waals surface area contributed by atoms with Crippen LogP contribution >= 0.6 is 0 Å². The van der Waals surface area contributed by atoms with Crippen molar-refractivity contribution in [2.24, 2.45) is 11.1 Å². The molecule has 25 heavy (non-hydrogen) atoms. The van der Waals surface area contributed by atoms with Crippen LogP contribution in [0.1, 0.15) is 12.5 Å². The molecule has 0 radical (unpaired) electrons. The summed E-state index contributed by atoms with van der Waals surface area (Å²) in [6, 6.07) is 10.7. The minimum Gasteiger partial charge on any atom is -0.463 e. The van der Waals surface area contributed by atoms with Gasteiger partial charge in [-0.2, -0.15) is 5.26 Å². The lowest BCUT2D eigenvalue weighted by Gasteiger charge is -2.27. The SMILES string of the molecule is CCOC(=O)C1=C(c2ccccc2)NC(=O)C12C=COC(N)=C2C#N. The number of carbonyl (C=O) groups excluding carboxylic acids is 2. The zero-order valence-corrected chi connectivity index (χ0v) is 13.4. The summed E-state index contributed by atoms with van der Waals surface area (Å²) in [7, 11) is 0. The largest absolute Gasteiger partial charge is 0.463 e. The molecule has 0 aliphatic carbocycles. The summed E-state index contributed by atoms with van der Waals surface area (Å²) in [5, 5.41) is 12.2. The first kappa shape index (κ1) is 16.3. The molecule has 0 aromatic heterocycles. The molecule has 3 N–H and O–H groups in total. The van der Waals surface area contributed by atoms with E-state index in [1.54, 1.807) is 31.2 Å². The third kappa shape index (κ3) is 2.35. The summed E-state index contributed by atoms with van der Waals surface area (Å²) in [6.07, 6.45) is 2.54. The fraction of sp³-hybridized carbons (Fsp3) is 0.167. The van der Waals surface area contributed by atoms with Crippen LogP contribution in [0.4, 0.5) is 0 Å². The smallest absolute Gasteiger partial charge is 0.337 e. The molecule has 7 nitrogen and oxygen atoms in total. The number of nitrogens with one attached hydrogen (secondary N) is 1. The van der Waals surface area contributed by atoms with E-state index in [1.165, 1.54) is 12.3 Å². The van der Waals surface area contributed by atoms with E-state index >= 15 is 0 Å². The Labute approximate surface area is 144 Å². The predicted molar refractivity (Wildman–Crippen MR) is 87.6 cm³/mol. The van der Waals surface area contributed by atoms with Crippen molar-refractivity contribution in [1.82, 2.24) is 5.32 Å². The van der Waals surface area contributed by atoms with Crippen LogP contribution < -0.4 is 11.1 Å². The van der Waals surface area contributed by atoms with Crippen LogP contribution in [0.5, 0.6) is 0 Å². The lowest BCUT2D eigenvalue weighted by Crippen LogP contribution is -2.39. The second kappa shape index (κ2) is 6.17. The Hall–Kier alpha value is -3.53. The molecule has 126 valence electrons. The van der Waals surface area contributed by atoms with Gasteiger partial charge in [0.2, 0.25) is 11.8 Å². The third-order valence-corrected chi connectivity index (χ3v) is 4.05. The molecule has 1 aromatic rings. The van der Waals surface area contributed by atoms with Crippen molar-refractivity contribution < 1.29 is 19.1 Å². The van der Waals surface area contributed by atoms with E-state index in [0.29, 0.717) is 5.56 Å². The van der Waals surface area contributed by atoms with Gasteiger partial charge in [-0.25, -0.2) is 4.79 Å². The standard InChI is InChI=1S/C18H15N3O4/c1-2-24-16(22)13-14(11-6-4-3-5-7-11)21-17(23)18(13)8-9-25-15(20)12(18)10-19/h3-9H,2,20H2,1H3,(H,21,23). The van der Waals surface area contributed by atoms with Gasteiger partial charge >= 0.3 is 5.97 Å². The third-order valence-electron chi connectivity index (χ3n) is 4.05. The van der Waals surface area contributed by atoms with Crippen molar-refractivity contribution in [2.75, 3.05) is 6.61 Å². The Morgan fingerprint density at radius 2 is 2.12 bits per heavy atom. The number of ether oxygens (including phenoxy) is 2. The van der Waals surface area contributed by atoms with Crippen molar-refractivity contribution in [2.45, 2.75) is 6.92 Å². The van der Waals surface area contributed by atoms with E-state index in [9.17, 15) is 14.9 Å². The number of rotatable bonds is 3. The number of nitriles is 1. The summed E-state index contributed by atoms with van der Waals surface area (Å²) in [4.78, 5) is 25.6. The predicted octanol–water partition coefficient (Wildman–Crippen LogP) is 1.31. The Balaban J connectivity index is 2.31. The number of hydrogen-bond donors (Lipinski definition) is 2. The summed E-state index contributed by atoms with van der Waals surface area (Å²) < 4.78 is 10.2. The van der Waals surface area contributed by atoms with Gasteiger partial charge in [-0.3, -0.25) is 4.79 Å². The molecule has 3 rings (SSSR count). The van der Waals surface area contributed by atoms with Gasteiger partial charge in [0, 0.05) is 0 Å². The summed E-state index contributed by atoms with van der Waals surface area (Å²) >= 11 is 0. The highest BCUT2D eigenvalue weighted by molar-refractivity contribution is 6.16. The summed E-state index contributed by atoms with van der Waals surface area (Å²) in [5.41, 5.74) is 4.86. The Morgan fingerprint density at radius 1 is 1.40 bits per heavy atom. The zero-order valence-electron chi connectivity index (χ0n) is 13.4. The van der Waals surface area contributed by atoms with Gasteiger partial charge in [0.25, 0.3) is 0 Å². The van der Waals surface area contributed by atoms with E-state index in [1.807, 2.05) is 12.1 Å².